The zero-order valence-electron chi connectivity index (χ0n) is 14.5. The van der Waals surface area contributed by atoms with E-state index in [1.807, 2.05) is 12.2 Å². The van der Waals surface area contributed by atoms with Gasteiger partial charge in [-0.1, -0.05) is 89.6 Å². The predicted molar refractivity (Wildman–Crippen MR) is 115 cm³/mol. The Hall–Kier alpha value is -2.73. The molecule has 2 aliphatic heterocycles. The highest BCUT2D eigenvalue weighted by molar-refractivity contribution is 6.77. The summed E-state index contributed by atoms with van der Waals surface area (Å²) in [5, 5.41) is 2.74. The van der Waals surface area contributed by atoms with E-state index in [0.29, 0.717) is 0 Å². The molecular formula is C23H18B2. The quantitative estimate of drug-likeness (QED) is 0.499. The Morgan fingerprint density at radius 3 is 2.44 bits per heavy atom. The van der Waals surface area contributed by atoms with Crippen LogP contribution in [0.25, 0.3) is 27.5 Å². The van der Waals surface area contributed by atoms with Crippen molar-refractivity contribution in [2.24, 2.45) is 0 Å². The van der Waals surface area contributed by atoms with Crippen LogP contribution in [0.3, 0.4) is 0 Å². The third-order valence-corrected chi connectivity index (χ3v) is 5.79. The Morgan fingerprint density at radius 1 is 0.880 bits per heavy atom. The Morgan fingerprint density at radius 2 is 1.64 bits per heavy atom. The second kappa shape index (κ2) is 5.13. The summed E-state index contributed by atoms with van der Waals surface area (Å²) in [6, 6.07) is 15.9. The minimum absolute atomic E-state index is 0.968. The minimum Gasteiger partial charge on any atom is -0.0996 e. The molecule has 2 aliphatic rings. The van der Waals surface area contributed by atoms with Gasteiger partial charge in [0, 0.05) is 0 Å². The van der Waals surface area contributed by atoms with Gasteiger partial charge in [0.05, 0.1) is 0 Å². The first-order chi connectivity index (χ1) is 12.2. The lowest BCUT2D eigenvalue weighted by Gasteiger charge is -2.12. The number of aryl methyl sites for hydroxylation is 1. The van der Waals surface area contributed by atoms with Crippen molar-refractivity contribution in [3.8, 4) is 11.1 Å². The first-order valence-corrected chi connectivity index (χ1v) is 8.87. The lowest BCUT2D eigenvalue weighted by atomic mass is 9.64. The van der Waals surface area contributed by atoms with E-state index in [0.717, 1.165) is 14.6 Å². The van der Waals surface area contributed by atoms with Crippen molar-refractivity contribution in [3.63, 3.8) is 0 Å². The Labute approximate surface area is 150 Å². The number of fused-ring (bicyclic) bond motifs is 6. The molecule has 0 amide bonds. The van der Waals surface area contributed by atoms with Crippen LogP contribution in [0.1, 0.15) is 11.1 Å². The van der Waals surface area contributed by atoms with E-state index in [4.69, 9.17) is 0 Å². The Balaban J connectivity index is 1.77. The number of hydrogen-bond donors (Lipinski definition) is 0. The highest BCUT2D eigenvalue weighted by Gasteiger charge is 2.28. The normalized spacial score (nSPS) is 13.8. The lowest BCUT2D eigenvalue weighted by molar-refractivity contribution is 1.52. The van der Waals surface area contributed by atoms with Gasteiger partial charge in [0.15, 0.2) is 14.6 Å². The maximum atomic E-state index is 4.02. The van der Waals surface area contributed by atoms with Gasteiger partial charge >= 0.3 is 0 Å². The summed E-state index contributed by atoms with van der Waals surface area (Å²) in [4.78, 5) is 0. The minimum atomic E-state index is 0.968. The van der Waals surface area contributed by atoms with Crippen LogP contribution in [0.4, 0.5) is 0 Å². The van der Waals surface area contributed by atoms with Crippen molar-refractivity contribution < 1.29 is 0 Å². The first-order valence-electron chi connectivity index (χ1n) is 8.87. The highest BCUT2D eigenvalue weighted by atomic mass is 14.2. The smallest absolute Gasteiger partial charge is 0.0996 e. The van der Waals surface area contributed by atoms with Crippen molar-refractivity contribution in [1.29, 1.82) is 0 Å². The zero-order chi connectivity index (χ0) is 17.1. The summed E-state index contributed by atoms with van der Waals surface area (Å²) in [5.74, 6) is 0. The maximum Gasteiger partial charge on any atom is 0.194 e. The van der Waals surface area contributed by atoms with Gasteiger partial charge in [0.25, 0.3) is 0 Å². The predicted octanol–water partition coefficient (Wildman–Crippen LogP) is 2.67. The van der Waals surface area contributed by atoms with Crippen LogP contribution in [-0.4, -0.2) is 14.6 Å². The van der Waals surface area contributed by atoms with Gasteiger partial charge in [-0.3, -0.25) is 0 Å². The molecule has 0 radical (unpaired) electrons. The second-order valence-corrected chi connectivity index (χ2v) is 7.14. The van der Waals surface area contributed by atoms with Gasteiger partial charge in [-0.05, 0) is 45.5 Å². The molecule has 5 rings (SSSR count). The van der Waals surface area contributed by atoms with Crippen LogP contribution in [-0.2, 0) is 0 Å². The molecule has 0 aliphatic carbocycles. The third-order valence-electron chi connectivity index (χ3n) is 5.79. The molecule has 3 aromatic carbocycles. The van der Waals surface area contributed by atoms with Crippen LogP contribution in [0.15, 0.2) is 73.2 Å². The molecular weight excluding hydrogens is 298 g/mol. The summed E-state index contributed by atoms with van der Waals surface area (Å²) in [6.45, 7) is 10.2. The van der Waals surface area contributed by atoms with E-state index in [1.165, 1.54) is 60.5 Å². The molecule has 0 saturated carbocycles. The topological polar surface area (TPSA) is 0 Å². The molecule has 0 saturated heterocycles. The van der Waals surface area contributed by atoms with E-state index in [-0.39, 0.29) is 0 Å². The van der Waals surface area contributed by atoms with Crippen LogP contribution >= 0.6 is 0 Å². The number of benzene rings is 3. The lowest BCUT2D eigenvalue weighted by Crippen LogP contribution is -2.24. The average molecular weight is 316 g/mol. The largest absolute Gasteiger partial charge is 0.194 e. The summed E-state index contributed by atoms with van der Waals surface area (Å²) >= 11 is 0. The summed E-state index contributed by atoms with van der Waals surface area (Å²) in [5.41, 5.74) is 12.5. The number of allylic oxidation sites excluding steroid dienone is 4. The van der Waals surface area contributed by atoms with Gasteiger partial charge in [-0.2, -0.15) is 0 Å². The first kappa shape index (κ1) is 14.6. The highest BCUT2D eigenvalue weighted by Crippen LogP contribution is 2.32. The fourth-order valence-electron chi connectivity index (χ4n) is 4.69. The monoisotopic (exact) mass is 316 g/mol. The van der Waals surface area contributed by atoms with Crippen LogP contribution in [0.2, 0.25) is 0 Å². The van der Waals surface area contributed by atoms with Crippen LogP contribution < -0.4 is 16.4 Å². The number of rotatable bonds is 2. The van der Waals surface area contributed by atoms with Gasteiger partial charge < -0.3 is 0 Å². The SMILES string of the molecule is C=CC1=C(C=C)c2cc3c(cc2B1)-c1c(C)cc2ccccc2c1B3. The van der Waals surface area contributed by atoms with Crippen LogP contribution in [0, 0.1) is 6.92 Å². The summed E-state index contributed by atoms with van der Waals surface area (Å²) < 4.78 is 0. The van der Waals surface area contributed by atoms with Gasteiger partial charge in [0.1, 0.15) is 0 Å². The molecule has 0 aromatic heterocycles. The van der Waals surface area contributed by atoms with E-state index in [2.05, 4.69) is 62.5 Å². The fourth-order valence-corrected chi connectivity index (χ4v) is 4.69. The summed E-state index contributed by atoms with van der Waals surface area (Å²) in [6.07, 6.45) is 3.97. The zero-order valence-corrected chi connectivity index (χ0v) is 14.5. The molecule has 116 valence electrons. The van der Waals surface area contributed by atoms with Crippen LogP contribution in [0.5, 0.6) is 0 Å². The van der Waals surface area contributed by atoms with Crippen molar-refractivity contribution in [1.82, 2.24) is 0 Å². The number of hydrogen-bond acceptors (Lipinski definition) is 0. The van der Waals surface area contributed by atoms with Crippen molar-refractivity contribution >= 4 is 47.3 Å². The Kier molecular flexibility index (Phi) is 3.00. The van der Waals surface area contributed by atoms with Crippen molar-refractivity contribution in [3.05, 3.63) is 84.4 Å². The Bertz CT molecular complexity index is 1130. The average Bonchev–Trinajstić information content (AvgIpc) is 3.17. The molecule has 25 heavy (non-hydrogen) atoms. The molecule has 0 nitrogen and oxygen atoms in total. The van der Waals surface area contributed by atoms with Crippen molar-refractivity contribution in [2.45, 2.75) is 6.92 Å². The molecule has 2 heteroatoms. The second-order valence-electron chi connectivity index (χ2n) is 7.14. The van der Waals surface area contributed by atoms with E-state index in [9.17, 15) is 0 Å². The van der Waals surface area contributed by atoms with E-state index < -0.39 is 0 Å². The summed E-state index contributed by atoms with van der Waals surface area (Å²) in [7, 11) is 1.99. The van der Waals surface area contributed by atoms with Gasteiger partial charge in [-0.25, -0.2) is 0 Å². The standard InChI is InChI=1S/C23H18B2/c1-4-15-17-11-21-18(12-20(17)24-19(15)5-2)22-13(3)10-14-8-6-7-9-16(14)23(22)25-21/h4-12,24-25H,1-2H2,3H3. The van der Waals surface area contributed by atoms with Crippen molar-refractivity contribution in [2.75, 3.05) is 0 Å². The molecule has 2 heterocycles. The van der Waals surface area contributed by atoms with E-state index >= 15 is 0 Å². The molecule has 0 spiro atoms. The molecule has 0 fully saturated rings. The molecule has 0 atom stereocenters. The van der Waals surface area contributed by atoms with Gasteiger partial charge in [-0.15, -0.1) is 0 Å². The third kappa shape index (κ3) is 1.91. The molecule has 0 N–H and O–H groups in total. The molecule has 0 bridgehead atoms. The van der Waals surface area contributed by atoms with Gasteiger partial charge in [0.2, 0.25) is 0 Å². The van der Waals surface area contributed by atoms with E-state index in [1.54, 1.807) is 0 Å². The molecule has 0 unspecified atom stereocenters. The fraction of sp³-hybridized carbons (Fsp3) is 0.0435. The maximum absolute atomic E-state index is 4.02. The molecule has 3 aromatic rings.